The number of benzene rings is 4. The Bertz CT molecular complexity index is 6540. The molecule has 4 fully saturated rings. The van der Waals surface area contributed by atoms with Gasteiger partial charge in [0.1, 0.15) is 98.2 Å². The normalized spacial score (nSPS) is 34.4. The molecular formula is C68H64F4N8O40P4. The van der Waals surface area contributed by atoms with Crippen LogP contribution < -0.4 is 63.1 Å². The molecule has 8 aromatic rings. The lowest BCUT2D eigenvalue weighted by molar-refractivity contribution is -0.205. The van der Waals surface area contributed by atoms with Crippen LogP contribution in [-0.2, 0) is 99.8 Å². The highest BCUT2D eigenvalue weighted by Crippen LogP contribution is 2.60. The van der Waals surface area contributed by atoms with Crippen LogP contribution in [0.2, 0.25) is 0 Å². The van der Waals surface area contributed by atoms with Crippen LogP contribution in [0.3, 0.4) is 0 Å². The Kier molecular flexibility index (Phi) is 23.9. The maximum absolute atomic E-state index is 15.8. The fourth-order valence-electron chi connectivity index (χ4n) is 11.8. The Morgan fingerprint density at radius 3 is 0.944 bits per heavy atom. The van der Waals surface area contributed by atoms with Crippen LogP contribution in [0.5, 0.6) is 23.0 Å². The maximum atomic E-state index is 15.8. The summed E-state index contributed by atoms with van der Waals surface area (Å²) in [4.78, 5) is 145. The average Bonchev–Trinajstić information content (AvgIpc) is 1.55. The van der Waals surface area contributed by atoms with Crippen molar-refractivity contribution in [3.63, 3.8) is 0 Å². The number of ether oxygens (including phenoxy) is 4. The molecule has 4 saturated heterocycles. The van der Waals surface area contributed by atoms with Crippen molar-refractivity contribution in [2.45, 2.75) is 124 Å². The lowest BCUT2D eigenvalue weighted by Crippen LogP contribution is -2.43. The third kappa shape index (κ3) is 18.7. The number of hydrogen-bond donors (Lipinski definition) is 12. The number of fused-ring (bicyclic) bond motifs is 4. The number of H-pyrrole nitrogens is 4. The van der Waals surface area contributed by atoms with Gasteiger partial charge in [-0.3, -0.25) is 113 Å². The van der Waals surface area contributed by atoms with Gasteiger partial charge >= 0.3 is 54.0 Å². The van der Waals surface area contributed by atoms with E-state index in [1.807, 2.05) is 0 Å². The maximum Gasteiger partial charge on any atom is 0.530 e. The zero-order valence-electron chi connectivity index (χ0n) is 67.6. The summed E-state index contributed by atoms with van der Waals surface area (Å²) in [7, 11) is -18.3. The predicted octanol–water partition coefficient (Wildman–Crippen LogP) is -0.00240. The quantitative estimate of drug-likeness (QED) is 0.0271. The number of hydrogen-bond acceptors (Lipinski definition) is 40. The lowest BCUT2D eigenvalue weighted by Gasteiger charge is -2.28. The molecule has 0 radical (unpaired) electrons. The molecule has 0 spiro atoms. The van der Waals surface area contributed by atoms with Crippen LogP contribution in [0, 0.1) is 0 Å². The number of aromatic amines is 4. The molecule has 0 bridgehead atoms. The number of aromatic nitrogens is 8. The molecule has 0 aliphatic carbocycles. The zero-order valence-corrected chi connectivity index (χ0v) is 65.2. The number of phosphoric acid groups is 4. The molecule has 0 saturated carbocycles. The largest absolute Gasteiger partial charge is 0.530 e. The molecule has 4 unspecified atom stereocenters. The second kappa shape index (κ2) is 35.7. The van der Waals surface area contributed by atoms with Gasteiger partial charge in [0.05, 0.1) is 56.9 Å². The van der Waals surface area contributed by atoms with E-state index in [2.05, 4.69) is 13.8 Å². The van der Waals surface area contributed by atoms with Crippen molar-refractivity contribution in [1.29, 1.82) is 0 Å². The molecule has 0 amide bonds. The Balaban J connectivity index is 0.000000148. The SMILES string of the molecule is O=Cc1cn([C@@H]2O[C@](F)(COP3(=O)OCc4ccccc4O3)[C@@H](O)[C@H]2O)c(=O)[nH]c1=O.[2H]C([2H])(OP1(=O)OCc2ccccc2O1)[C@@]1(F)O[C@@H](n2cc(C=O)c(=O)[nH]c2=O)[C@H](O)[C@@H]1O.[2H]C([2H])(OP1(=O)OCc2ccccc2O1)[C@@]1(F)O[C@@]([2H])(n2cc(C=O)c(=O)[nH]c2=O)[C@H](O)[C@@H]1O.[2H][C@@]1(n2cc(C=O)c(=O)[nH]c2=O)O[C@](F)(COP2(=O)OCc3ccccc3O2)[C@@H](O)[C@H]1O. The van der Waals surface area contributed by atoms with E-state index in [4.69, 9.17) is 67.7 Å². The van der Waals surface area contributed by atoms with Gasteiger partial charge in [-0.15, -0.1) is 0 Å². The van der Waals surface area contributed by atoms with Crippen molar-refractivity contribution in [2.75, 3.05) is 26.3 Å². The minimum Gasteiger partial charge on any atom is -0.404 e. The number of aliphatic hydroxyl groups excluding tert-OH is 8. The number of nitrogens with zero attached hydrogens (tertiary/aromatic N) is 4. The molecular weight excluding hydrogens is 1770 g/mol. The Hall–Kier alpha value is -10.7. The van der Waals surface area contributed by atoms with E-state index < -0.39 is 222 Å². The van der Waals surface area contributed by atoms with Gasteiger partial charge in [-0.05, 0) is 24.3 Å². The fraction of sp³-hybridized carbons (Fsp3) is 0.353. The number of carbonyl (C=O) groups excluding carboxylic acids is 4. The Morgan fingerprint density at radius 2 is 0.621 bits per heavy atom. The zero-order chi connectivity index (χ0) is 95.0. The molecule has 124 heavy (non-hydrogen) atoms. The summed E-state index contributed by atoms with van der Waals surface area (Å²) in [6.45, 7) is -11.2. The van der Waals surface area contributed by atoms with Crippen molar-refractivity contribution in [1.82, 2.24) is 38.2 Å². The third-order valence-electron chi connectivity index (χ3n) is 18.3. The third-order valence-corrected chi connectivity index (χ3v) is 23.2. The summed E-state index contributed by atoms with van der Waals surface area (Å²) < 4.78 is 241. The van der Waals surface area contributed by atoms with Crippen molar-refractivity contribution < 1.29 is 177 Å². The minimum atomic E-state index is -4.86. The Morgan fingerprint density at radius 1 is 0.379 bits per heavy atom. The molecule has 48 nitrogen and oxygen atoms in total. The number of nitrogens with one attached hydrogen (secondary N) is 4. The van der Waals surface area contributed by atoms with Crippen LogP contribution in [0.1, 0.15) is 96.8 Å². The van der Waals surface area contributed by atoms with Crippen molar-refractivity contribution in [2.24, 2.45) is 0 Å². The Labute approximate surface area is 692 Å². The molecule has 56 heteroatoms. The fourth-order valence-corrected chi connectivity index (χ4v) is 16.4. The van der Waals surface area contributed by atoms with E-state index in [1.165, 1.54) is 36.4 Å². The molecule has 8 aliphatic rings. The number of rotatable bonds is 20. The molecule has 12 heterocycles. The van der Waals surface area contributed by atoms with Crippen molar-refractivity contribution in [3.8, 4) is 23.0 Å². The molecule has 12 N–H and O–H groups in total. The van der Waals surface area contributed by atoms with Gasteiger partial charge < -0.3 is 77.9 Å². The molecule has 664 valence electrons. The van der Waals surface area contributed by atoms with Gasteiger partial charge in [-0.1, -0.05) is 72.8 Å². The predicted molar refractivity (Wildman–Crippen MR) is 392 cm³/mol. The van der Waals surface area contributed by atoms with E-state index in [0.29, 0.717) is 50.0 Å². The summed E-state index contributed by atoms with van der Waals surface area (Å²) in [6.07, 6.45) is -27.3. The van der Waals surface area contributed by atoms with E-state index in [0.717, 1.165) is 6.20 Å². The van der Waals surface area contributed by atoms with E-state index in [-0.39, 0.29) is 83.7 Å². The van der Waals surface area contributed by atoms with Crippen LogP contribution in [-0.4, -0.2) is 203 Å². The van der Waals surface area contributed by atoms with Gasteiger partial charge in [0.2, 0.25) is 0 Å². The van der Waals surface area contributed by atoms with Gasteiger partial charge in [-0.25, -0.2) is 55.0 Å². The summed E-state index contributed by atoms with van der Waals surface area (Å²) >= 11 is 0. The summed E-state index contributed by atoms with van der Waals surface area (Å²) in [5.74, 6) is -14.1. The smallest absolute Gasteiger partial charge is 0.404 e. The van der Waals surface area contributed by atoms with Gasteiger partial charge in [0.15, 0.2) is 50.0 Å². The first-order chi connectivity index (χ1) is 60.8. The van der Waals surface area contributed by atoms with E-state index in [1.54, 1.807) is 80.6 Å². The average molecular weight is 1840 g/mol. The number of para-hydroxylation sites is 4. The van der Waals surface area contributed by atoms with Crippen LogP contribution in [0.4, 0.5) is 17.6 Å². The van der Waals surface area contributed by atoms with E-state index in [9.17, 15) is 117 Å². The highest BCUT2D eigenvalue weighted by molar-refractivity contribution is 7.49. The molecule has 4 aromatic carbocycles. The number of alkyl halides is 4. The van der Waals surface area contributed by atoms with Gasteiger partial charge in [0, 0.05) is 47.0 Å². The van der Waals surface area contributed by atoms with Crippen LogP contribution >= 0.6 is 31.3 Å². The van der Waals surface area contributed by atoms with Gasteiger partial charge in [0.25, 0.3) is 45.7 Å². The standard InChI is InChI=1S/4C17H16FN2O10P/c4*18-17(8-28-31(26)27-7-9-3-1-2-4-11(9)30-31)13(23)12(22)15(29-17)20-5-10(6-21)14(24)19-16(20)25/h4*1-6,12-13,15,22-23H,7-8H2,(H,19,24,25)/t4*12-,13+,15-,17-,31?/m1111/s1/i8D2,15D;15D;8D2;. The molecule has 8 aliphatic heterocycles. The van der Waals surface area contributed by atoms with Gasteiger partial charge in [-0.2, -0.15) is 0 Å². The minimum absolute atomic E-state index is 0.00950. The molecule has 16 rings (SSSR count). The number of aldehydes is 4. The highest BCUT2D eigenvalue weighted by atomic mass is 31.2. The number of aliphatic hydroxyl groups is 8. The topological polar surface area (TPSA) is 666 Å². The summed E-state index contributed by atoms with van der Waals surface area (Å²) in [5, 5.41) is 81.9. The first kappa shape index (κ1) is 82.9. The summed E-state index contributed by atoms with van der Waals surface area (Å²) in [6, 6.07) is 25.1. The lowest BCUT2D eigenvalue weighted by atomic mass is 10.1. The highest BCUT2D eigenvalue weighted by Gasteiger charge is 2.62. The summed E-state index contributed by atoms with van der Waals surface area (Å²) in [5.41, 5.74) is -9.89. The first-order valence-electron chi connectivity index (χ1n) is 37.8. The van der Waals surface area contributed by atoms with Crippen molar-refractivity contribution in [3.05, 3.63) is 250 Å². The van der Waals surface area contributed by atoms with E-state index >= 15 is 17.6 Å². The second-order valence-corrected chi connectivity index (χ2v) is 32.6. The van der Waals surface area contributed by atoms with Crippen molar-refractivity contribution >= 4 is 56.4 Å². The monoisotopic (exact) mass is 1840 g/mol. The number of halogens is 4. The first-order valence-corrected chi connectivity index (χ1v) is 40.7. The van der Waals surface area contributed by atoms with Crippen LogP contribution in [0.25, 0.3) is 0 Å². The number of phosphoric ester groups is 4. The van der Waals surface area contributed by atoms with Crippen LogP contribution in [0.15, 0.2) is 160 Å². The second-order valence-electron chi connectivity index (χ2n) is 26.4. The molecule has 4 aromatic heterocycles. The molecule has 20 atom stereocenters. The number of carbonyl (C=O) groups is 4.